The molecule has 0 saturated heterocycles. The van der Waals surface area contributed by atoms with Crippen LogP contribution in [0.15, 0.2) is 48.5 Å². The molecule has 0 aliphatic carbocycles. The van der Waals surface area contributed by atoms with Gasteiger partial charge in [0.1, 0.15) is 11.5 Å². The third-order valence-electron chi connectivity index (χ3n) is 5.76. The number of nitrogens with two attached hydrogens (primary N) is 2. The molecule has 0 amide bonds. The number of unbranched alkanes of at least 4 members (excludes halogenated alkanes) is 2. The number of rotatable bonds is 25. The monoisotopic (exact) mass is 754 g/mol. The van der Waals surface area contributed by atoms with E-state index in [9.17, 15) is 0 Å². The largest absolute Gasteiger partial charge is 0.494 e. The molecule has 0 spiro atoms. The summed E-state index contributed by atoms with van der Waals surface area (Å²) in [5.74, 6) is 1.53. The van der Waals surface area contributed by atoms with Gasteiger partial charge in [0, 0.05) is 23.5 Å². The lowest BCUT2D eigenvalue weighted by molar-refractivity contribution is 0.285. The van der Waals surface area contributed by atoms with E-state index in [1.165, 1.54) is 0 Å². The summed E-state index contributed by atoms with van der Waals surface area (Å²) in [6.45, 7) is 14.1. The minimum absolute atomic E-state index is 0.154. The zero-order valence-corrected chi connectivity index (χ0v) is 35.1. The SMILES string of the molecule is C[Si](C)(C)O[Si](C)(C)O[Si](C)(CCCCOc1cccc(N)c1)O[Si](CCCCOc1cccc(N)c1)O[Si]O[Si]O[Si]O[Si]. The molecule has 0 saturated carbocycles. The van der Waals surface area contributed by atoms with Gasteiger partial charge in [-0.1, -0.05) is 12.1 Å². The van der Waals surface area contributed by atoms with Gasteiger partial charge in [-0.2, -0.15) is 0 Å². The fraction of sp³-hybridized carbons (Fsp3) is 0.538. The van der Waals surface area contributed by atoms with Crippen molar-refractivity contribution in [2.24, 2.45) is 0 Å². The highest BCUT2D eigenvalue weighted by atomic mass is 28.5. The van der Waals surface area contributed by atoms with Crippen LogP contribution in [0.3, 0.4) is 0 Å². The van der Waals surface area contributed by atoms with Crippen molar-refractivity contribution in [1.29, 1.82) is 0 Å². The van der Waals surface area contributed by atoms with Gasteiger partial charge in [0.15, 0.2) is 8.32 Å². The molecule has 1 atom stereocenters. The van der Waals surface area contributed by atoms with Crippen LogP contribution in [0.5, 0.6) is 11.5 Å². The maximum atomic E-state index is 6.91. The maximum absolute atomic E-state index is 6.91. The zero-order valence-electron chi connectivity index (χ0n) is 27.1. The highest BCUT2D eigenvalue weighted by Gasteiger charge is 2.44. The number of anilines is 2. The molecule has 0 bridgehead atoms. The van der Waals surface area contributed by atoms with Crippen LogP contribution in [0.25, 0.3) is 0 Å². The van der Waals surface area contributed by atoms with E-state index in [0.29, 0.717) is 24.6 Å². The van der Waals surface area contributed by atoms with Crippen molar-refractivity contribution in [3.05, 3.63) is 48.5 Å². The first-order chi connectivity index (χ1) is 21.3. The maximum Gasteiger partial charge on any atom is 0.412 e. The fourth-order valence-corrected chi connectivity index (χ4v) is 23.4. The summed E-state index contributed by atoms with van der Waals surface area (Å²) >= 11 is 0. The van der Waals surface area contributed by atoms with Gasteiger partial charge in [0.05, 0.1) is 13.2 Å². The van der Waals surface area contributed by atoms with Gasteiger partial charge in [-0.05, 0) is 101 Å². The third kappa shape index (κ3) is 19.5. The third-order valence-corrected chi connectivity index (χ3v) is 21.4. The Labute approximate surface area is 285 Å². The molecule has 0 aliphatic heterocycles. The highest BCUT2D eigenvalue weighted by molar-refractivity contribution is 6.87. The van der Waals surface area contributed by atoms with E-state index in [4.69, 9.17) is 49.7 Å². The van der Waals surface area contributed by atoms with Crippen LogP contribution in [0.2, 0.25) is 51.4 Å². The summed E-state index contributed by atoms with van der Waals surface area (Å²) < 4.78 is 54.0. The normalized spacial score (nSPS) is 13.6. The molecular weight excluding hydrogens is 709 g/mol. The van der Waals surface area contributed by atoms with Crippen molar-refractivity contribution in [2.75, 3.05) is 24.7 Å². The lowest BCUT2D eigenvalue weighted by atomic mass is 10.3. The zero-order chi connectivity index (χ0) is 33.2. The summed E-state index contributed by atoms with van der Waals surface area (Å²) in [4.78, 5) is 0. The second-order valence-corrected chi connectivity index (χ2v) is 29.0. The van der Waals surface area contributed by atoms with E-state index in [-0.39, 0.29) is 30.0 Å². The van der Waals surface area contributed by atoms with Gasteiger partial charge in [0.2, 0.25) is 10.5 Å². The number of hydrogen-bond donors (Lipinski definition) is 2. The molecule has 0 aliphatic rings. The van der Waals surface area contributed by atoms with E-state index in [2.05, 4.69) is 49.8 Å². The Balaban J connectivity index is 2.03. The summed E-state index contributed by atoms with van der Waals surface area (Å²) in [6, 6.07) is 16.5. The predicted molar refractivity (Wildman–Crippen MR) is 190 cm³/mol. The van der Waals surface area contributed by atoms with Crippen LogP contribution >= 0.6 is 0 Å². The van der Waals surface area contributed by atoms with E-state index >= 15 is 0 Å². The van der Waals surface area contributed by atoms with Crippen molar-refractivity contribution in [3.63, 3.8) is 0 Å². The van der Waals surface area contributed by atoms with Crippen molar-refractivity contribution in [2.45, 2.75) is 77.1 Å². The Bertz CT molecular complexity index is 1110. The second-order valence-electron chi connectivity index (χ2n) is 11.7. The standard InChI is InChI=1S/C26H46N2O9Si8/c1-43(2,3)36-44(4,5)37-45(6,20-10-8-18-30-26-16-12-14-24(28)22-26)35-42(34-41-33-40-32-39-31-38)19-9-7-17-29-25-15-11-13-23(27)21-25/h11-16,21-22H,7-10,17-20,27-28H2,1-6H3. The van der Waals surface area contributed by atoms with Crippen molar-refractivity contribution in [1.82, 2.24) is 0 Å². The smallest absolute Gasteiger partial charge is 0.412 e. The Morgan fingerprint density at radius 2 is 1.31 bits per heavy atom. The molecule has 0 aromatic heterocycles. The average Bonchev–Trinajstić information content (AvgIpc) is 2.92. The summed E-state index contributed by atoms with van der Waals surface area (Å²) in [5.41, 5.74) is 13.1. The Hall–Kier alpha value is -0.905. The molecule has 246 valence electrons. The summed E-state index contributed by atoms with van der Waals surface area (Å²) in [7, 11) is -6.47. The van der Waals surface area contributed by atoms with Gasteiger partial charge >= 0.3 is 56.4 Å². The molecule has 0 heterocycles. The van der Waals surface area contributed by atoms with E-state index < -0.39 is 34.7 Å². The average molecular weight is 755 g/mol. The Kier molecular flexibility index (Phi) is 18.9. The highest BCUT2D eigenvalue weighted by Crippen LogP contribution is 2.27. The first-order valence-corrected chi connectivity index (χ1v) is 27.9. The quantitative estimate of drug-likeness (QED) is 0.0825. The van der Waals surface area contributed by atoms with Crippen LogP contribution in [-0.4, -0.2) is 88.4 Å². The second kappa shape index (κ2) is 21.1. The van der Waals surface area contributed by atoms with Crippen molar-refractivity contribution in [3.8, 4) is 11.5 Å². The number of hydrogen-bond acceptors (Lipinski definition) is 11. The molecule has 2 rings (SSSR count). The molecule has 11 nitrogen and oxygen atoms in total. The molecule has 4 N–H and O–H groups in total. The van der Waals surface area contributed by atoms with Crippen molar-refractivity contribution < 1.29 is 38.3 Å². The van der Waals surface area contributed by atoms with E-state index in [1.54, 1.807) is 0 Å². The molecule has 2 aromatic carbocycles. The number of nitrogen functional groups attached to an aromatic ring is 2. The lowest BCUT2D eigenvalue weighted by Gasteiger charge is -2.39. The van der Waals surface area contributed by atoms with E-state index in [1.807, 2.05) is 48.5 Å². The first kappa shape index (κ1) is 40.3. The summed E-state index contributed by atoms with van der Waals surface area (Å²) in [6.07, 6.45) is 3.44. The minimum atomic E-state index is -2.74. The Morgan fingerprint density at radius 1 is 0.733 bits per heavy atom. The molecule has 2 aromatic rings. The molecule has 0 fully saturated rings. The van der Waals surface area contributed by atoms with Gasteiger partial charge in [-0.3, -0.25) is 0 Å². The topological polar surface area (TPSA) is 135 Å². The van der Waals surface area contributed by atoms with Crippen molar-refractivity contribution >= 4 is 86.6 Å². The molecule has 10 radical (unpaired) electrons. The number of benzene rings is 2. The molecule has 19 heteroatoms. The van der Waals surface area contributed by atoms with Gasteiger partial charge in [-0.25, -0.2) is 0 Å². The summed E-state index contributed by atoms with van der Waals surface area (Å²) in [5, 5.41) is 0. The molecule has 1 unspecified atom stereocenters. The van der Waals surface area contributed by atoms with Crippen LogP contribution in [0.4, 0.5) is 11.4 Å². The lowest BCUT2D eigenvalue weighted by Crippen LogP contribution is -2.56. The molecular formula is C26H46N2O9Si8. The predicted octanol–water partition coefficient (Wildman–Crippen LogP) is 4.77. The number of ether oxygens (including phenoxy) is 2. The van der Waals surface area contributed by atoms with Gasteiger partial charge in [-0.15, -0.1) is 0 Å². The molecule has 45 heavy (non-hydrogen) atoms. The van der Waals surface area contributed by atoms with Crippen LogP contribution < -0.4 is 20.9 Å². The first-order valence-electron chi connectivity index (χ1n) is 14.8. The van der Waals surface area contributed by atoms with E-state index in [0.717, 1.165) is 49.3 Å². The Morgan fingerprint density at radius 3 is 1.87 bits per heavy atom. The minimum Gasteiger partial charge on any atom is -0.494 e. The fourth-order valence-electron chi connectivity index (χ4n) is 4.42. The van der Waals surface area contributed by atoms with Gasteiger partial charge < -0.3 is 49.7 Å². The van der Waals surface area contributed by atoms with Crippen LogP contribution in [0, 0.1) is 0 Å². The van der Waals surface area contributed by atoms with Crippen LogP contribution in [0.1, 0.15) is 25.7 Å². The van der Waals surface area contributed by atoms with Crippen LogP contribution in [-0.2, 0) is 28.8 Å². The van der Waals surface area contributed by atoms with Gasteiger partial charge in [0.25, 0.3) is 0 Å².